The number of aromatic nitrogens is 1. The van der Waals surface area contributed by atoms with Crippen molar-refractivity contribution >= 4 is 23.5 Å². The van der Waals surface area contributed by atoms with Crippen LogP contribution in [-0.2, 0) is 4.79 Å². The Morgan fingerprint density at radius 3 is 2.62 bits per heavy atom. The number of nitrogens with zero attached hydrogens (tertiary/aromatic N) is 1. The topological polar surface area (TPSA) is 55.1 Å². The molecule has 0 radical (unpaired) electrons. The van der Waals surface area contributed by atoms with Crippen LogP contribution in [0.5, 0.6) is 0 Å². The van der Waals surface area contributed by atoms with E-state index in [1.807, 2.05) is 0 Å². The maximum atomic E-state index is 13.7. The SMILES string of the molecule is O=C(CSc1ccc(F)cc1)Nc1cc(-c2ccccc2F)on1. The number of thioether (sulfide) groups is 1. The van der Waals surface area contributed by atoms with Gasteiger partial charge in [-0.05, 0) is 36.4 Å². The maximum Gasteiger partial charge on any atom is 0.235 e. The van der Waals surface area contributed by atoms with Crippen molar-refractivity contribution in [3.05, 3.63) is 66.2 Å². The van der Waals surface area contributed by atoms with Crippen molar-refractivity contribution in [3.63, 3.8) is 0 Å². The minimum Gasteiger partial charge on any atom is -0.354 e. The second kappa shape index (κ2) is 7.27. The van der Waals surface area contributed by atoms with E-state index in [9.17, 15) is 13.6 Å². The van der Waals surface area contributed by atoms with Crippen LogP contribution >= 0.6 is 11.8 Å². The van der Waals surface area contributed by atoms with Gasteiger partial charge in [0.2, 0.25) is 5.91 Å². The van der Waals surface area contributed by atoms with Gasteiger partial charge in [-0.1, -0.05) is 17.3 Å². The minimum atomic E-state index is -0.432. The molecule has 4 nitrogen and oxygen atoms in total. The number of carbonyl (C=O) groups excluding carboxylic acids is 1. The Hall–Kier alpha value is -2.67. The molecule has 0 fully saturated rings. The number of hydrogen-bond acceptors (Lipinski definition) is 4. The van der Waals surface area contributed by atoms with Gasteiger partial charge in [-0.3, -0.25) is 4.79 Å². The van der Waals surface area contributed by atoms with Gasteiger partial charge in [0.15, 0.2) is 11.6 Å². The average Bonchev–Trinajstić information content (AvgIpc) is 3.03. The smallest absolute Gasteiger partial charge is 0.235 e. The van der Waals surface area contributed by atoms with Gasteiger partial charge in [0.25, 0.3) is 0 Å². The molecule has 0 aliphatic heterocycles. The lowest BCUT2D eigenvalue weighted by molar-refractivity contribution is -0.113. The zero-order chi connectivity index (χ0) is 16.9. The highest BCUT2D eigenvalue weighted by Crippen LogP contribution is 2.25. The molecule has 1 amide bonds. The summed E-state index contributed by atoms with van der Waals surface area (Å²) in [6, 6.07) is 13.4. The molecule has 2 aromatic carbocycles. The first-order valence-electron chi connectivity index (χ1n) is 7.01. The van der Waals surface area contributed by atoms with Crippen molar-refractivity contribution in [2.75, 3.05) is 11.1 Å². The van der Waals surface area contributed by atoms with E-state index < -0.39 is 5.82 Å². The highest BCUT2D eigenvalue weighted by molar-refractivity contribution is 8.00. The highest BCUT2D eigenvalue weighted by atomic mass is 32.2. The number of hydrogen-bond donors (Lipinski definition) is 1. The fourth-order valence-corrected chi connectivity index (χ4v) is 2.68. The van der Waals surface area contributed by atoms with E-state index >= 15 is 0 Å². The van der Waals surface area contributed by atoms with Gasteiger partial charge in [-0.25, -0.2) is 8.78 Å². The predicted molar refractivity (Wildman–Crippen MR) is 87.7 cm³/mol. The summed E-state index contributed by atoms with van der Waals surface area (Å²) in [5, 5.41) is 6.28. The Kier molecular flexibility index (Phi) is 4.90. The Balaban J connectivity index is 1.59. The van der Waals surface area contributed by atoms with Gasteiger partial charge in [0, 0.05) is 11.0 Å². The molecule has 0 spiro atoms. The van der Waals surface area contributed by atoms with E-state index in [4.69, 9.17) is 4.52 Å². The van der Waals surface area contributed by atoms with E-state index in [0.29, 0.717) is 0 Å². The molecule has 3 rings (SSSR count). The van der Waals surface area contributed by atoms with Crippen LogP contribution in [0.2, 0.25) is 0 Å². The number of anilines is 1. The van der Waals surface area contributed by atoms with Gasteiger partial charge >= 0.3 is 0 Å². The summed E-state index contributed by atoms with van der Waals surface area (Å²) in [6.45, 7) is 0. The quantitative estimate of drug-likeness (QED) is 0.698. The van der Waals surface area contributed by atoms with E-state index in [0.717, 1.165) is 4.90 Å². The summed E-state index contributed by atoms with van der Waals surface area (Å²) in [5.74, 6) is -0.483. The Bertz CT molecular complexity index is 850. The molecule has 1 aromatic heterocycles. The number of amides is 1. The van der Waals surface area contributed by atoms with Gasteiger partial charge in [-0.15, -0.1) is 11.8 Å². The molecule has 0 atom stereocenters. The van der Waals surface area contributed by atoms with Crippen LogP contribution in [0.4, 0.5) is 14.6 Å². The Morgan fingerprint density at radius 2 is 1.88 bits per heavy atom. The Morgan fingerprint density at radius 1 is 1.12 bits per heavy atom. The molecule has 3 aromatic rings. The molecule has 1 heterocycles. The van der Waals surface area contributed by atoms with Gasteiger partial charge in [-0.2, -0.15) is 0 Å². The first-order valence-corrected chi connectivity index (χ1v) is 8.00. The largest absolute Gasteiger partial charge is 0.354 e. The van der Waals surface area contributed by atoms with Gasteiger partial charge < -0.3 is 9.84 Å². The third-order valence-electron chi connectivity index (χ3n) is 3.10. The van der Waals surface area contributed by atoms with Gasteiger partial charge in [0.1, 0.15) is 11.6 Å². The van der Waals surface area contributed by atoms with Crippen LogP contribution in [0.3, 0.4) is 0 Å². The van der Waals surface area contributed by atoms with Crippen LogP contribution in [0, 0.1) is 11.6 Å². The third kappa shape index (κ3) is 3.99. The van der Waals surface area contributed by atoms with Gasteiger partial charge in [0.05, 0.1) is 11.3 Å². The van der Waals surface area contributed by atoms with Crippen molar-refractivity contribution in [2.24, 2.45) is 0 Å². The molecule has 1 N–H and O–H groups in total. The second-order valence-electron chi connectivity index (χ2n) is 4.85. The Labute approximate surface area is 140 Å². The molecule has 0 saturated carbocycles. The van der Waals surface area contributed by atoms with Crippen molar-refractivity contribution in [1.29, 1.82) is 0 Å². The standard InChI is InChI=1S/C17H12F2N2O2S/c18-11-5-7-12(8-6-11)24-10-17(22)20-16-9-15(23-21-16)13-3-1-2-4-14(13)19/h1-9H,10H2,(H,20,21,22). The van der Waals surface area contributed by atoms with Crippen LogP contribution in [0.1, 0.15) is 0 Å². The number of nitrogens with one attached hydrogen (secondary N) is 1. The molecule has 0 bridgehead atoms. The van der Waals surface area contributed by atoms with E-state index in [1.165, 1.54) is 36.0 Å². The van der Waals surface area contributed by atoms with Crippen molar-refractivity contribution < 1.29 is 18.1 Å². The third-order valence-corrected chi connectivity index (χ3v) is 4.11. The molecule has 0 unspecified atom stereocenters. The fourth-order valence-electron chi connectivity index (χ4n) is 1.98. The first kappa shape index (κ1) is 16.2. The molecule has 0 aliphatic carbocycles. The lowest BCUT2D eigenvalue weighted by Crippen LogP contribution is -2.14. The van der Waals surface area contributed by atoms with E-state index in [-0.39, 0.29) is 34.6 Å². The normalized spacial score (nSPS) is 10.6. The first-order chi connectivity index (χ1) is 11.6. The summed E-state index contributed by atoms with van der Waals surface area (Å²) in [6.07, 6.45) is 0. The lowest BCUT2D eigenvalue weighted by Gasteiger charge is -2.01. The van der Waals surface area contributed by atoms with E-state index in [1.54, 1.807) is 30.3 Å². The zero-order valence-electron chi connectivity index (χ0n) is 12.3. The fraction of sp³-hybridized carbons (Fsp3) is 0.0588. The van der Waals surface area contributed by atoms with Crippen LogP contribution < -0.4 is 5.32 Å². The van der Waals surface area contributed by atoms with Crippen LogP contribution in [-0.4, -0.2) is 16.8 Å². The maximum absolute atomic E-state index is 13.7. The summed E-state index contributed by atoms with van der Waals surface area (Å²) < 4.78 is 31.5. The van der Waals surface area contributed by atoms with Crippen molar-refractivity contribution in [2.45, 2.75) is 4.90 Å². The summed E-state index contributed by atoms with van der Waals surface area (Å²) >= 11 is 1.27. The summed E-state index contributed by atoms with van der Waals surface area (Å²) in [7, 11) is 0. The van der Waals surface area contributed by atoms with Crippen molar-refractivity contribution in [3.8, 4) is 11.3 Å². The second-order valence-corrected chi connectivity index (χ2v) is 5.90. The molecular weight excluding hydrogens is 334 g/mol. The predicted octanol–water partition coefficient (Wildman–Crippen LogP) is 4.35. The van der Waals surface area contributed by atoms with Crippen LogP contribution in [0.25, 0.3) is 11.3 Å². The number of benzene rings is 2. The minimum absolute atomic E-state index is 0.132. The molecular formula is C17H12F2N2O2S. The summed E-state index contributed by atoms with van der Waals surface area (Å²) in [5.41, 5.74) is 0.270. The number of rotatable bonds is 5. The summed E-state index contributed by atoms with van der Waals surface area (Å²) in [4.78, 5) is 12.7. The van der Waals surface area contributed by atoms with E-state index in [2.05, 4.69) is 10.5 Å². The molecule has 24 heavy (non-hydrogen) atoms. The molecule has 0 saturated heterocycles. The zero-order valence-corrected chi connectivity index (χ0v) is 13.1. The average molecular weight is 346 g/mol. The van der Waals surface area contributed by atoms with Crippen molar-refractivity contribution in [1.82, 2.24) is 5.16 Å². The number of halogens is 2. The molecule has 7 heteroatoms. The number of carbonyl (C=O) groups is 1. The molecule has 0 aliphatic rings. The molecule has 122 valence electrons. The van der Waals surface area contributed by atoms with Crippen LogP contribution in [0.15, 0.2) is 64.0 Å². The monoisotopic (exact) mass is 346 g/mol. The highest BCUT2D eigenvalue weighted by Gasteiger charge is 2.12. The lowest BCUT2D eigenvalue weighted by atomic mass is 10.1.